The second-order valence-electron chi connectivity index (χ2n) is 3.38. The average Bonchev–Trinajstić information content (AvgIpc) is 2.31. The van der Waals surface area contributed by atoms with Gasteiger partial charge >= 0.3 is 0 Å². The molecular weight excluding hydrogens is 190 g/mol. The third-order valence-corrected chi connectivity index (χ3v) is 2.23. The summed E-state index contributed by atoms with van der Waals surface area (Å²) in [5.74, 6) is 0. The van der Waals surface area contributed by atoms with Crippen molar-refractivity contribution in [2.75, 3.05) is 0 Å². The van der Waals surface area contributed by atoms with Crippen molar-refractivity contribution in [2.24, 2.45) is 0 Å². The zero-order valence-corrected chi connectivity index (χ0v) is 8.33. The Hall–Kier alpha value is -1.81. The molecule has 15 heavy (non-hydrogen) atoms. The lowest BCUT2D eigenvalue weighted by atomic mass is 9.98. The lowest BCUT2D eigenvalue weighted by Crippen LogP contribution is -2.25. The van der Waals surface area contributed by atoms with Gasteiger partial charge in [-0.1, -0.05) is 6.07 Å². The fourth-order valence-electron chi connectivity index (χ4n) is 1.33. The van der Waals surface area contributed by atoms with Gasteiger partial charge in [0.15, 0.2) is 0 Å². The van der Waals surface area contributed by atoms with Crippen molar-refractivity contribution in [3.8, 4) is 0 Å². The molecule has 2 aromatic rings. The highest BCUT2D eigenvalue weighted by Crippen LogP contribution is 2.24. The Morgan fingerprint density at radius 3 is 2.47 bits per heavy atom. The van der Waals surface area contributed by atoms with E-state index in [1.165, 1.54) is 6.20 Å². The smallest absolute Gasteiger partial charge is 0.147 e. The summed E-state index contributed by atoms with van der Waals surface area (Å²) in [7, 11) is 0. The number of hydrogen-bond acceptors (Lipinski definition) is 4. The summed E-state index contributed by atoms with van der Waals surface area (Å²) in [6.45, 7) is 1.65. The van der Waals surface area contributed by atoms with Crippen LogP contribution in [0.2, 0.25) is 0 Å². The van der Waals surface area contributed by atoms with Crippen LogP contribution in [0.5, 0.6) is 0 Å². The fraction of sp³-hybridized carbons (Fsp3) is 0.182. The van der Waals surface area contributed by atoms with Crippen LogP contribution < -0.4 is 0 Å². The van der Waals surface area contributed by atoms with E-state index in [0.29, 0.717) is 11.4 Å². The number of aliphatic hydroxyl groups is 1. The first kappa shape index (κ1) is 9.73. The molecular formula is C11H11N3O. The van der Waals surface area contributed by atoms with E-state index in [0.717, 1.165) is 0 Å². The van der Waals surface area contributed by atoms with E-state index < -0.39 is 5.60 Å². The summed E-state index contributed by atoms with van der Waals surface area (Å²) in [6, 6.07) is 5.39. The standard InChI is InChI=1S/C11H11N3O/c1-11(15,9-4-2-3-5-13-9)10-8-12-6-7-14-10/h2-8,15H,1H3. The van der Waals surface area contributed by atoms with Crippen molar-refractivity contribution >= 4 is 0 Å². The average molecular weight is 201 g/mol. The third-order valence-electron chi connectivity index (χ3n) is 2.23. The van der Waals surface area contributed by atoms with Crippen LogP contribution in [-0.2, 0) is 5.60 Å². The minimum absolute atomic E-state index is 0.490. The summed E-state index contributed by atoms with van der Waals surface area (Å²) in [4.78, 5) is 12.1. The first-order chi connectivity index (χ1) is 7.21. The Balaban J connectivity index is 2.44. The molecule has 2 rings (SSSR count). The van der Waals surface area contributed by atoms with E-state index in [4.69, 9.17) is 0 Å². The molecule has 0 fully saturated rings. The largest absolute Gasteiger partial charge is 0.377 e. The number of rotatable bonds is 2. The summed E-state index contributed by atoms with van der Waals surface area (Å²) < 4.78 is 0. The molecule has 0 bridgehead atoms. The van der Waals surface area contributed by atoms with E-state index in [9.17, 15) is 5.11 Å². The summed E-state index contributed by atoms with van der Waals surface area (Å²) in [6.07, 6.45) is 6.29. The van der Waals surface area contributed by atoms with Crippen molar-refractivity contribution in [3.63, 3.8) is 0 Å². The minimum Gasteiger partial charge on any atom is -0.377 e. The van der Waals surface area contributed by atoms with Gasteiger partial charge in [0.1, 0.15) is 5.60 Å². The number of pyridine rings is 1. The lowest BCUT2D eigenvalue weighted by molar-refractivity contribution is 0.0922. The Morgan fingerprint density at radius 2 is 1.87 bits per heavy atom. The molecule has 1 unspecified atom stereocenters. The quantitative estimate of drug-likeness (QED) is 0.791. The fourth-order valence-corrected chi connectivity index (χ4v) is 1.33. The van der Waals surface area contributed by atoms with Gasteiger partial charge in [-0.3, -0.25) is 15.0 Å². The molecule has 0 aliphatic heterocycles. The summed E-state index contributed by atoms with van der Waals surface area (Å²) in [5, 5.41) is 10.3. The van der Waals surface area contributed by atoms with Crippen LogP contribution in [0.4, 0.5) is 0 Å². The summed E-state index contributed by atoms with van der Waals surface area (Å²) >= 11 is 0. The highest BCUT2D eigenvalue weighted by Gasteiger charge is 2.28. The molecule has 0 radical (unpaired) electrons. The van der Waals surface area contributed by atoms with E-state index in [1.54, 1.807) is 37.6 Å². The molecule has 76 valence electrons. The van der Waals surface area contributed by atoms with E-state index in [-0.39, 0.29) is 0 Å². The first-order valence-corrected chi connectivity index (χ1v) is 4.61. The topological polar surface area (TPSA) is 58.9 Å². The third kappa shape index (κ3) is 1.85. The van der Waals surface area contributed by atoms with Gasteiger partial charge in [0.05, 0.1) is 17.6 Å². The zero-order valence-electron chi connectivity index (χ0n) is 8.33. The van der Waals surface area contributed by atoms with Gasteiger partial charge in [0.25, 0.3) is 0 Å². The van der Waals surface area contributed by atoms with Gasteiger partial charge in [0, 0.05) is 18.6 Å². The number of aromatic nitrogens is 3. The van der Waals surface area contributed by atoms with Crippen LogP contribution in [0.25, 0.3) is 0 Å². The van der Waals surface area contributed by atoms with Crippen molar-refractivity contribution in [1.82, 2.24) is 15.0 Å². The van der Waals surface area contributed by atoms with E-state index >= 15 is 0 Å². The number of nitrogens with zero attached hydrogens (tertiary/aromatic N) is 3. The van der Waals surface area contributed by atoms with Crippen molar-refractivity contribution in [1.29, 1.82) is 0 Å². The second kappa shape index (κ2) is 3.74. The number of hydrogen-bond donors (Lipinski definition) is 1. The van der Waals surface area contributed by atoms with Gasteiger partial charge in [-0.25, -0.2) is 0 Å². The molecule has 0 spiro atoms. The van der Waals surface area contributed by atoms with Gasteiger partial charge < -0.3 is 5.11 Å². The normalized spacial score (nSPS) is 14.5. The summed E-state index contributed by atoms with van der Waals surface area (Å²) in [5.41, 5.74) is -0.149. The molecule has 0 aliphatic rings. The SMILES string of the molecule is CC(O)(c1ccccn1)c1cnccn1. The predicted octanol–water partition coefficient (Wildman–Crippen LogP) is 1.13. The molecule has 1 N–H and O–H groups in total. The lowest BCUT2D eigenvalue weighted by Gasteiger charge is -2.21. The maximum absolute atomic E-state index is 10.3. The van der Waals surface area contributed by atoms with Gasteiger partial charge in [-0.2, -0.15) is 0 Å². The Morgan fingerprint density at radius 1 is 1.07 bits per heavy atom. The van der Waals surface area contributed by atoms with Crippen LogP contribution in [-0.4, -0.2) is 20.1 Å². The zero-order chi connectivity index (χ0) is 10.7. The van der Waals surface area contributed by atoms with E-state index in [1.807, 2.05) is 6.07 Å². The second-order valence-corrected chi connectivity index (χ2v) is 3.38. The highest BCUT2D eigenvalue weighted by atomic mass is 16.3. The molecule has 2 aromatic heterocycles. The monoisotopic (exact) mass is 201 g/mol. The molecule has 4 heteroatoms. The molecule has 0 saturated carbocycles. The van der Waals surface area contributed by atoms with E-state index in [2.05, 4.69) is 15.0 Å². The molecule has 2 heterocycles. The molecule has 0 aliphatic carbocycles. The van der Waals surface area contributed by atoms with Gasteiger partial charge in [-0.15, -0.1) is 0 Å². The minimum atomic E-state index is -1.20. The molecule has 1 atom stereocenters. The molecule has 0 saturated heterocycles. The van der Waals surface area contributed by atoms with Crippen molar-refractivity contribution in [3.05, 3.63) is 54.4 Å². The molecule has 0 amide bonds. The highest BCUT2D eigenvalue weighted by molar-refractivity contribution is 5.23. The van der Waals surface area contributed by atoms with Gasteiger partial charge in [-0.05, 0) is 19.1 Å². The van der Waals surface area contributed by atoms with Gasteiger partial charge in [0.2, 0.25) is 0 Å². The Kier molecular flexibility index (Phi) is 2.43. The maximum Gasteiger partial charge on any atom is 0.147 e. The maximum atomic E-state index is 10.3. The van der Waals surface area contributed by atoms with Crippen LogP contribution in [0, 0.1) is 0 Å². The van der Waals surface area contributed by atoms with Crippen LogP contribution in [0.3, 0.4) is 0 Å². The van der Waals surface area contributed by atoms with Crippen LogP contribution >= 0.6 is 0 Å². The van der Waals surface area contributed by atoms with Crippen molar-refractivity contribution < 1.29 is 5.11 Å². The molecule has 4 nitrogen and oxygen atoms in total. The molecule has 0 aromatic carbocycles. The van der Waals surface area contributed by atoms with Crippen LogP contribution in [0.15, 0.2) is 43.0 Å². The Bertz CT molecular complexity index is 387. The van der Waals surface area contributed by atoms with Crippen molar-refractivity contribution in [2.45, 2.75) is 12.5 Å². The predicted molar refractivity (Wildman–Crippen MR) is 54.9 cm³/mol. The Labute approximate surface area is 87.7 Å². The first-order valence-electron chi connectivity index (χ1n) is 4.61. The van der Waals surface area contributed by atoms with Crippen LogP contribution in [0.1, 0.15) is 18.3 Å².